The van der Waals surface area contributed by atoms with Gasteiger partial charge in [-0.25, -0.2) is 9.48 Å². The summed E-state index contributed by atoms with van der Waals surface area (Å²) in [5, 5.41) is 4.02. The molecular formula is C9H8N3O. The highest BCUT2D eigenvalue weighted by Crippen LogP contribution is 2.10. The lowest BCUT2D eigenvalue weighted by atomic mass is 10.2. The molecule has 0 amide bonds. The molecule has 0 aliphatic carbocycles. The van der Waals surface area contributed by atoms with Crippen molar-refractivity contribution in [3.05, 3.63) is 40.8 Å². The molecule has 0 aliphatic rings. The Morgan fingerprint density at radius 1 is 1.46 bits per heavy atom. The minimum atomic E-state index is -0.206. The molecule has 0 fully saturated rings. The normalized spacial score (nSPS) is 10.2. The zero-order valence-corrected chi connectivity index (χ0v) is 7.11. The maximum atomic E-state index is 11.1. The number of H-pyrrole nitrogens is 1. The second-order valence-corrected chi connectivity index (χ2v) is 2.69. The van der Waals surface area contributed by atoms with Crippen LogP contribution in [0.4, 0.5) is 0 Å². The van der Waals surface area contributed by atoms with Crippen molar-refractivity contribution in [3.8, 4) is 11.4 Å². The Morgan fingerprint density at radius 3 is 2.69 bits per heavy atom. The van der Waals surface area contributed by atoms with E-state index in [0.29, 0.717) is 5.82 Å². The van der Waals surface area contributed by atoms with Crippen LogP contribution in [0.5, 0.6) is 0 Å². The number of hydrogen-bond acceptors (Lipinski definition) is 2. The average molecular weight is 174 g/mol. The molecular weight excluding hydrogens is 166 g/mol. The fourth-order valence-electron chi connectivity index (χ4n) is 1.08. The standard InChI is InChI=1S/C9H8N3O/c1-12-9(13)10-8(11-12)7-5-3-2-4-6-7/h3-6H,1H3,(H,10,11,13). The van der Waals surface area contributed by atoms with Crippen molar-refractivity contribution in [3.63, 3.8) is 0 Å². The van der Waals surface area contributed by atoms with Crippen molar-refractivity contribution in [1.29, 1.82) is 0 Å². The van der Waals surface area contributed by atoms with E-state index < -0.39 is 0 Å². The van der Waals surface area contributed by atoms with Crippen LogP contribution < -0.4 is 5.69 Å². The van der Waals surface area contributed by atoms with E-state index in [1.54, 1.807) is 19.2 Å². The van der Waals surface area contributed by atoms with Crippen molar-refractivity contribution in [1.82, 2.24) is 14.8 Å². The van der Waals surface area contributed by atoms with E-state index in [0.717, 1.165) is 5.56 Å². The molecule has 0 atom stereocenters. The first kappa shape index (κ1) is 7.79. The van der Waals surface area contributed by atoms with Gasteiger partial charge in [0.15, 0.2) is 5.82 Å². The van der Waals surface area contributed by atoms with Crippen LogP contribution >= 0.6 is 0 Å². The number of nitrogens with zero attached hydrogens (tertiary/aromatic N) is 2. The molecule has 4 heteroatoms. The molecule has 0 saturated carbocycles. The third kappa shape index (κ3) is 1.38. The largest absolute Gasteiger partial charge is 0.343 e. The summed E-state index contributed by atoms with van der Waals surface area (Å²) in [6, 6.07) is 10.1. The quantitative estimate of drug-likeness (QED) is 0.687. The van der Waals surface area contributed by atoms with Crippen LogP contribution in [0, 0.1) is 6.07 Å². The Labute approximate surface area is 74.8 Å². The van der Waals surface area contributed by atoms with Crippen molar-refractivity contribution in [2.75, 3.05) is 0 Å². The molecule has 0 unspecified atom stereocenters. The molecule has 0 spiro atoms. The molecule has 1 heterocycles. The highest BCUT2D eigenvalue weighted by molar-refractivity contribution is 5.53. The zero-order chi connectivity index (χ0) is 9.26. The van der Waals surface area contributed by atoms with Gasteiger partial charge in [-0.1, -0.05) is 24.3 Å². The van der Waals surface area contributed by atoms with Crippen LogP contribution in [0.15, 0.2) is 29.1 Å². The molecule has 0 saturated heterocycles. The summed E-state index contributed by atoms with van der Waals surface area (Å²) in [5.41, 5.74) is 0.680. The lowest BCUT2D eigenvalue weighted by Crippen LogP contribution is -2.13. The Hall–Kier alpha value is -1.84. The van der Waals surface area contributed by atoms with E-state index in [2.05, 4.69) is 16.1 Å². The average Bonchev–Trinajstić information content (AvgIpc) is 2.49. The minimum absolute atomic E-state index is 0.206. The lowest BCUT2D eigenvalue weighted by molar-refractivity contribution is 0.736. The first-order valence-electron chi connectivity index (χ1n) is 3.87. The Kier molecular flexibility index (Phi) is 1.73. The van der Waals surface area contributed by atoms with Crippen LogP contribution in [0.3, 0.4) is 0 Å². The summed E-state index contributed by atoms with van der Waals surface area (Å²) >= 11 is 0. The van der Waals surface area contributed by atoms with Crippen molar-refractivity contribution < 1.29 is 0 Å². The van der Waals surface area contributed by atoms with E-state index in [-0.39, 0.29) is 5.69 Å². The zero-order valence-electron chi connectivity index (χ0n) is 7.11. The summed E-state index contributed by atoms with van der Waals surface area (Å²) < 4.78 is 1.27. The minimum Gasteiger partial charge on any atom is -0.289 e. The molecule has 1 aromatic carbocycles. The van der Waals surface area contributed by atoms with Gasteiger partial charge in [0, 0.05) is 12.6 Å². The van der Waals surface area contributed by atoms with Gasteiger partial charge in [-0.3, -0.25) is 4.98 Å². The molecule has 0 aliphatic heterocycles. The first-order chi connectivity index (χ1) is 6.27. The van der Waals surface area contributed by atoms with Gasteiger partial charge in [0.1, 0.15) is 0 Å². The van der Waals surface area contributed by atoms with Gasteiger partial charge in [0.25, 0.3) is 0 Å². The second-order valence-electron chi connectivity index (χ2n) is 2.69. The maximum Gasteiger partial charge on any atom is 0.343 e. The molecule has 0 bridgehead atoms. The SMILES string of the molecule is Cn1nc(-c2cc[c]cc2)[nH]c1=O. The molecule has 13 heavy (non-hydrogen) atoms. The number of rotatable bonds is 1. The van der Waals surface area contributed by atoms with Crippen molar-refractivity contribution >= 4 is 0 Å². The summed E-state index contributed by atoms with van der Waals surface area (Å²) in [5.74, 6) is 0.585. The first-order valence-corrected chi connectivity index (χ1v) is 3.87. The van der Waals surface area contributed by atoms with Gasteiger partial charge in [-0.15, -0.1) is 0 Å². The molecule has 4 nitrogen and oxygen atoms in total. The third-order valence-corrected chi connectivity index (χ3v) is 1.76. The third-order valence-electron chi connectivity index (χ3n) is 1.76. The Morgan fingerprint density at radius 2 is 2.15 bits per heavy atom. The van der Waals surface area contributed by atoms with E-state index in [1.807, 2.05) is 12.1 Å². The van der Waals surface area contributed by atoms with E-state index >= 15 is 0 Å². The number of aromatic amines is 1. The Balaban J connectivity index is 2.54. The van der Waals surface area contributed by atoms with Crippen LogP contribution in [-0.4, -0.2) is 14.8 Å². The summed E-state index contributed by atoms with van der Waals surface area (Å²) in [4.78, 5) is 13.7. The molecule has 65 valence electrons. The van der Waals surface area contributed by atoms with Gasteiger partial charge in [-0.05, 0) is 6.07 Å². The molecule has 1 radical (unpaired) electrons. The molecule has 2 aromatic rings. The van der Waals surface area contributed by atoms with Crippen LogP contribution in [0.25, 0.3) is 11.4 Å². The fourth-order valence-corrected chi connectivity index (χ4v) is 1.08. The molecule has 1 aromatic heterocycles. The fraction of sp³-hybridized carbons (Fsp3) is 0.111. The number of benzene rings is 1. The Bertz CT molecular complexity index is 455. The predicted molar refractivity (Wildman–Crippen MR) is 48.1 cm³/mol. The van der Waals surface area contributed by atoms with Gasteiger partial charge >= 0.3 is 5.69 Å². The van der Waals surface area contributed by atoms with E-state index in [1.165, 1.54) is 4.68 Å². The highest BCUT2D eigenvalue weighted by Gasteiger charge is 2.02. The smallest absolute Gasteiger partial charge is 0.289 e. The highest BCUT2D eigenvalue weighted by atomic mass is 16.1. The summed E-state index contributed by atoms with van der Waals surface area (Å²) in [6.45, 7) is 0. The van der Waals surface area contributed by atoms with E-state index in [4.69, 9.17) is 0 Å². The van der Waals surface area contributed by atoms with Crippen LogP contribution in [0.2, 0.25) is 0 Å². The van der Waals surface area contributed by atoms with Gasteiger partial charge in [-0.2, -0.15) is 5.10 Å². The molecule has 1 N–H and O–H groups in total. The summed E-state index contributed by atoms with van der Waals surface area (Å²) in [7, 11) is 1.61. The maximum absolute atomic E-state index is 11.1. The number of aromatic nitrogens is 3. The monoisotopic (exact) mass is 174 g/mol. The number of nitrogens with one attached hydrogen (secondary N) is 1. The van der Waals surface area contributed by atoms with Crippen LogP contribution in [-0.2, 0) is 7.05 Å². The lowest BCUT2D eigenvalue weighted by Gasteiger charge is -1.91. The van der Waals surface area contributed by atoms with Crippen molar-refractivity contribution in [2.45, 2.75) is 0 Å². The van der Waals surface area contributed by atoms with Crippen LogP contribution in [0.1, 0.15) is 0 Å². The number of hydrogen-bond donors (Lipinski definition) is 1. The molecule has 2 rings (SSSR count). The van der Waals surface area contributed by atoms with Crippen molar-refractivity contribution in [2.24, 2.45) is 7.05 Å². The topological polar surface area (TPSA) is 50.7 Å². The summed E-state index contributed by atoms with van der Waals surface area (Å²) in [6.07, 6.45) is 0. The van der Waals surface area contributed by atoms with Gasteiger partial charge in [0.05, 0.1) is 0 Å². The van der Waals surface area contributed by atoms with E-state index in [9.17, 15) is 4.79 Å². The second kappa shape index (κ2) is 2.90. The van der Waals surface area contributed by atoms with Gasteiger partial charge < -0.3 is 0 Å². The predicted octanol–water partition coefficient (Wildman–Crippen LogP) is 0.576. The van der Waals surface area contributed by atoms with Gasteiger partial charge in [0.2, 0.25) is 0 Å². The number of aryl methyl sites for hydroxylation is 1.